The maximum atomic E-state index is 13.0. The van der Waals surface area contributed by atoms with Gasteiger partial charge in [0.15, 0.2) is 0 Å². The third-order valence-electron chi connectivity index (χ3n) is 3.78. The molecule has 0 radical (unpaired) electrons. The molecule has 0 saturated heterocycles. The largest absolute Gasteiger partial charge is 0.387 e. The third kappa shape index (κ3) is 3.26. The Morgan fingerprint density at radius 3 is 2.55 bits per heavy atom. The molecule has 2 aromatic rings. The summed E-state index contributed by atoms with van der Waals surface area (Å²) in [6.45, 7) is 0.523. The van der Waals surface area contributed by atoms with Gasteiger partial charge in [0.25, 0.3) is 0 Å². The zero-order chi connectivity index (χ0) is 13.9. The van der Waals surface area contributed by atoms with E-state index in [1.807, 2.05) is 29.0 Å². The standard InChI is InChI=1S/C16H18FNOS/c17-14-5-3-12(4-6-14)16(11-1-2-11)18-9-15(19)13-7-8-20-10-13/h3-8,10-11,15-16,18-19H,1-2,9H2. The lowest BCUT2D eigenvalue weighted by atomic mass is 10.0. The lowest BCUT2D eigenvalue weighted by Crippen LogP contribution is -2.27. The van der Waals surface area contributed by atoms with Crippen molar-refractivity contribution in [2.75, 3.05) is 6.54 Å². The highest BCUT2D eigenvalue weighted by Crippen LogP contribution is 2.41. The monoisotopic (exact) mass is 291 g/mol. The van der Waals surface area contributed by atoms with Crippen molar-refractivity contribution in [3.05, 3.63) is 58.0 Å². The molecule has 3 rings (SSSR count). The zero-order valence-corrected chi connectivity index (χ0v) is 11.9. The average Bonchev–Trinajstić information content (AvgIpc) is 3.14. The lowest BCUT2D eigenvalue weighted by Gasteiger charge is -2.21. The summed E-state index contributed by atoms with van der Waals surface area (Å²) in [6, 6.07) is 8.83. The summed E-state index contributed by atoms with van der Waals surface area (Å²) in [5.74, 6) is 0.400. The van der Waals surface area contributed by atoms with E-state index in [4.69, 9.17) is 0 Å². The average molecular weight is 291 g/mol. The molecule has 1 fully saturated rings. The number of rotatable bonds is 6. The van der Waals surface area contributed by atoms with Gasteiger partial charge in [0.2, 0.25) is 0 Å². The van der Waals surface area contributed by atoms with Crippen molar-refractivity contribution in [3.8, 4) is 0 Å². The van der Waals surface area contributed by atoms with Gasteiger partial charge in [-0.05, 0) is 58.8 Å². The topological polar surface area (TPSA) is 32.3 Å². The molecule has 2 unspecified atom stereocenters. The molecule has 0 aliphatic heterocycles. The van der Waals surface area contributed by atoms with Crippen LogP contribution in [0.4, 0.5) is 4.39 Å². The van der Waals surface area contributed by atoms with Crippen molar-refractivity contribution in [2.24, 2.45) is 5.92 Å². The van der Waals surface area contributed by atoms with E-state index >= 15 is 0 Å². The minimum absolute atomic E-state index is 0.207. The summed E-state index contributed by atoms with van der Waals surface area (Å²) in [6.07, 6.45) is 1.91. The van der Waals surface area contributed by atoms with E-state index in [1.165, 1.54) is 25.0 Å². The van der Waals surface area contributed by atoms with E-state index in [9.17, 15) is 9.50 Å². The van der Waals surface area contributed by atoms with E-state index in [1.54, 1.807) is 11.3 Å². The Bertz CT molecular complexity index is 536. The van der Waals surface area contributed by atoms with Crippen LogP contribution < -0.4 is 5.32 Å². The summed E-state index contributed by atoms with van der Waals surface area (Å²) < 4.78 is 13.0. The molecule has 1 aliphatic rings. The molecule has 0 spiro atoms. The molecule has 1 aliphatic carbocycles. The minimum Gasteiger partial charge on any atom is -0.387 e. The van der Waals surface area contributed by atoms with Gasteiger partial charge in [-0.25, -0.2) is 4.39 Å². The number of aliphatic hydroxyl groups excluding tert-OH is 1. The van der Waals surface area contributed by atoms with E-state index in [-0.39, 0.29) is 11.9 Å². The summed E-state index contributed by atoms with van der Waals surface area (Å²) in [5.41, 5.74) is 2.06. The minimum atomic E-state index is -0.483. The van der Waals surface area contributed by atoms with Gasteiger partial charge in [-0.2, -0.15) is 11.3 Å². The van der Waals surface area contributed by atoms with Crippen LogP contribution in [0.25, 0.3) is 0 Å². The van der Waals surface area contributed by atoms with E-state index < -0.39 is 6.10 Å². The smallest absolute Gasteiger partial charge is 0.123 e. The maximum Gasteiger partial charge on any atom is 0.123 e. The van der Waals surface area contributed by atoms with Gasteiger partial charge in [-0.15, -0.1) is 0 Å². The van der Waals surface area contributed by atoms with Crippen LogP contribution in [0.15, 0.2) is 41.1 Å². The highest BCUT2D eigenvalue weighted by molar-refractivity contribution is 7.07. The lowest BCUT2D eigenvalue weighted by molar-refractivity contribution is 0.168. The Morgan fingerprint density at radius 2 is 1.95 bits per heavy atom. The number of benzene rings is 1. The van der Waals surface area contributed by atoms with E-state index in [2.05, 4.69) is 5.32 Å². The molecule has 1 saturated carbocycles. The van der Waals surface area contributed by atoms with Gasteiger partial charge in [0.1, 0.15) is 5.82 Å². The summed E-state index contributed by atoms with van der Waals surface area (Å²) in [4.78, 5) is 0. The molecular weight excluding hydrogens is 273 g/mol. The van der Waals surface area contributed by atoms with Crippen molar-refractivity contribution in [1.29, 1.82) is 0 Å². The van der Waals surface area contributed by atoms with Crippen LogP contribution in [0.3, 0.4) is 0 Å². The molecule has 20 heavy (non-hydrogen) atoms. The second-order valence-electron chi connectivity index (χ2n) is 5.35. The Hall–Kier alpha value is -1.23. The number of hydrogen-bond donors (Lipinski definition) is 2. The fourth-order valence-corrected chi connectivity index (χ4v) is 3.18. The van der Waals surface area contributed by atoms with Crippen LogP contribution in [-0.2, 0) is 0 Å². The summed E-state index contributed by atoms with van der Waals surface area (Å²) >= 11 is 1.59. The van der Waals surface area contributed by atoms with Crippen molar-refractivity contribution >= 4 is 11.3 Å². The Morgan fingerprint density at radius 1 is 1.20 bits per heavy atom. The first-order valence-corrected chi connectivity index (χ1v) is 7.87. The quantitative estimate of drug-likeness (QED) is 0.851. The van der Waals surface area contributed by atoms with Gasteiger partial charge < -0.3 is 10.4 Å². The van der Waals surface area contributed by atoms with E-state index in [0.717, 1.165) is 11.1 Å². The molecule has 1 heterocycles. The fourth-order valence-electron chi connectivity index (χ4n) is 2.48. The number of thiophene rings is 1. The molecule has 2 N–H and O–H groups in total. The molecule has 0 amide bonds. The highest BCUT2D eigenvalue weighted by Gasteiger charge is 2.32. The summed E-state index contributed by atoms with van der Waals surface area (Å²) in [7, 11) is 0. The van der Waals surface area contributed by atoms with Crippen molar-refractivity contribution in [1.82, 2.24) is 5.32 Å². The Kier molecular flexibility index (Phi) is 4.15. The van der Waals surface area contributed by atoms with Crippen LogP contribution in [0, 0.1) is 11.7 Å². The predicted octanol–water partition coefficient (Wildman–Crippen LogP) is 3.66. The molecule has 0 bridgehead atoms. The first-order valence-electron chi connectivity index (χ1n) is 6.93. The van der Waals surface area contributed by atoms with Crippen molar-refractivity contribution < 1.29 is 9.50 Å². The molecule has 2 atom stereocenters. The van der Waals surface area contributed by atoms with Gasteiger partial charge in [0, 0.05) is 12.6 Å². The van der Waals surface area contributed by atoms with Crippen LogP contribution in [0.1, 0.15) is 36.1 Å². The third-order valence-corrected chi connectivity index (χ3v) is 4.48. The normalized spacial score (nSPS) is 17.9. The molecule has 106 valence electrons. The van der Waals surface area contributed by atoms with Crippen LogP contribution in [0.2, 0.25) is 0 Å². The second-order valence-corrected chi connectivity index (χ2v) is 6.13. The van der Waals surface area contributed by atoms with Crippen LogP contribution in [0.5, 0.6) is 0 Å². The second kappa shape index (κ2) is 6.04. The first-order chi connectivity index (χ1) is 9.74. The summed E-state index contributed by atoms with van der Waals surface area (Å²) in [5, 5.41) is 17.5. The molecule has 4 heteroatoms. The van der Waals surface area contributed by atoms with E-state index in [0.29, 0.717) is 12.5 Å². The van der Waals surface area contributed by atoms with Crippen molar-refractivity contribution in [3.63, 3.8) is 0 Å². The number of nitrogens with one attached hydrogen (secondary N) is 1. The van der Waals surface area contributed by atoms with Crippen molar-refractivity contribution in [2.45, 2.75) is 25.0 Å². The van der Waals surface area contributed by atoms with Gasteiger partial charge >= 0.3 is 0 Å². The van der Waals surface area contributed by atoms with Crippen LogP contribution >= 0.6 is 11.3 Å². The molecule has 1 aromatic carbocycles. The van der Waals surface area contributed by atoms with Crippen LogP contribution in [-0.4, -0.2) is 11.7 Å². The Labute approximate surface area is 122 Å². The zero-order valence-electron chi connectivity index (χ0n) is 11.1. The number of halogens is 1. The number of hydrogen-bond acceptors (Lipinski definition) is 3. The fraction of sp³-hybridized carbons (Fsp3) is 0.375. The molecular formula is C16H18FNOS. The maximum absolute atomic E-state index is 13.0. The first kappa shape index (κ1) is 13.7. The molecule has 1 aromatic heterocycles. The predicted molar refractivity (Wildman–Crippen MR) is 79.1 cm³/mol. The van der Waals surface area contributed by atoms with Gasteiger partial charge in [0.05, 0.1) is 6.10 Å². The molecule has 2 nitrogen and oxygen atoms in total. The highest BCUT2D eigenvalue weighted by atomic mass is 32.1. The Balaban J connectivity index is 1.64. The number of aliphatic hydroxyl groups is 1. The SMILES string of the molecule is OC(CNC(c1ccc(F)cc1)C1CC1)c1ccsc1. The van der Waals surface area contributed by atoms with Gasteiger partial charge in [-0.1, -0.05) is 12.1 Å². The van der Waals surface area contributed by atoms with Gasteiger partial charge in [-0.3, -0.25) is 0 Å².